The van der Waals surface area contributed by atoms with Gasteiger partial charge >= 0.3 is 5.97 Å². The van der Waals surface area contributed by atoms with Crippen LogP contribution in [0.3, 0.4) is 0 Å². The SMILES string of the molecule is CC1=CC(=O)C=C/C1=N/OC(=O)c1ccc(Cl)cc1. The molecule has 0 saturated heterocycles. The molecule has 1 aromatic rings. The van der Waals surface area contributed by atoms with Gasteiger partial charge in [0.15, 0.2) is 5.78 Å². The molecule has 0 fully saturated rings. The summed E-state index contributed by atoms with van der Waals surface area (Å²) in [5.41, 5.74) is 1.45. The van der Waals surface area contributed by atoms with Crippen LogP contribution in [0.25, 0.3) is 0 Å². The van der Waals surface area contributed by atoms with E-state index in [9.17, 15) is 9.59 Å². The molecule has 2 rings (SSSR count). The number of nitrogens with zero attached hydrogens (tertiary/aromatic N) is 1. The van der Waals surface area contributed by atoms with Gasteiger partial charge in [-0.05, 0) is 55.0 Å². The number of ketones is 1. The summed E-state index contributed by atoms with van der Waals surface area (Å²) >= 11 is 5.72. The fraction of sp³-hybridized carbons (Fsp3) is 0.0714. The zero-order valence-corrected chi connectivity index (χ0v) is 10.8. The predicted octanol–water partition coefficient (Wildman–Crippen LogP) is 2.94. The van der Waals surface area contributed by atoms with E-state index in [1.807, 2.05) is 0 Å². The lowest BCUT2D eigenvalue weighted by Crippen LogP contribution is -2.08. The number of hydrogen-bond donors (Lipinski definition) is 0. The molecule has 0 aliphatic heterocycles. The second-order valence-corrected chi connectivity index (χ2v) is 4.36. The number of benzene rings is 1. The van der Waals surface area contributed by atoms with E-state index in [4.69, 9.17) is 16.4 Å². The Hall–Kier alpha value is -2.20. The molecule has 1 aliphatic rings. The van der Waals surface area contributed by atoms with E-state index in [0.29, 0.717) is 21.9 Å². The highest BCUT2D eigenvalue weighted by Crippen LogP contribution is 2.11. The molecule has 1 aromatic carbocycles. The fourth-order valence-electron chi connectivity index (χ4n) is 1.46. The smallest absolute Gasteiger partial charge is 0.312 e. The Morgan fingerprint density at radius 2 is 1.89 bits per heavy atom. The minimum absolute atomic E-state index is 0.111. The molecular weight excluding hydrogens is 266 g/mol. The van der Waals surface area contributed by atoms with E-state index in [0.717, 1.165) is 0 Å². The highest BCUT2D eigenvalue weighted by Gasteiger charge is 2.10. The zero-order chi connectivity index (χ0) is 13.8. The molecule has 0 N–H and O–H groups in total. The van der Waals surface area contributed by atoms with E-state index in [2.05, 4.69) is 5.16 Å². The van der Waals surface area contributed by atoms with Crippen LogP contribution in [0.15, 0.2) is 53.2 Å². The lowest BCUT2D eigenvalue weighted by molar-refractivity contribution is -0.110. The summed E-state index contributed by atoms with van der Waals surface area (Å²) in [7, 11) is 0. The normalized spacial score (nSPS) is 16.4. The molecular formula is C14H10ClNO3. The van der Waals surface area contributed by atoms with Crippen molar-refractivity contribution in [2.45, 2.75) is 6.92 Å². The van der Waals surface area contributed by atoms with Crippen LogP contribution in [0.5, 0.6) is 0 Å². The van der Waals surface area contributed by atoms with Crippen LogP contribution in [-0.4, -0.2) is 17.5 Å². The van der Waals surface area contributed by atoms with E-state index in [1.165, 1.54) is 18.2 Å². The number of allylic oxidation sites excluding steroid dienone is 4. The summed E-state index contributed by atoms with van der Waals surface area (Å²) in [6.45, 7) is 1.72. The van der Waals surface area contributed by atoms with Crippen molar-refractivity contribution in [3.05, 3.63) is 58.7 Å². The number of halogens is 1. The summed E-state index contributed by atoms with van der Waals surface area (Å²) in [4.78, 5) is 27.6. The second kappa shape index (κ2) is 5.63. The quantitative estimate of drug-likeness (QED) is 0.474. The first-order valence-electron chi connectivity index (χ1n) is 5.52. The van der Waals surface area contributed by atoms with Crippen molar-refractivity contribution in [2.24, 2.45) is 5.16 Å². The van der Waals surface area contributed by atoms with Gasteiger partial charge in [-0.2, -0.15) is 0 Å². The zero-order valence-electron chi connectivity index (χ0n) is 10.1. The summed E-state index contributed by atoms with van der Waals surface area (Å²) in [5, 5.41) is 4.26. The molecule has 5 heteroatoms. The van der Waals surface area contributed by atoms with Crippen LogP contribution >= 0.6 is 11.6 Å². The molecule has 0 radical (unpaired) electrons. The van der Waals surface area contributed by atoms with Gasteiger partial charge < -0.3 is 4.84 Å². The molecule has 1 aliphatic carbocycles. The summed E-state index contributed by atoms with van der Waals surface area (Å²) in [5.74, 6) is -0.692. The first-order valence-corrected chi connectivity index (χ1v) is 5.89. The molecule has 0 saturated carbocycles. The third kappa shape index (κ3) is 3.39. The highest BCUT2D eigenvalue weighted by molar-refractivity contribution is 6.30. The number of rotatable bonds is 2. The summed E-state index contributed by atoms with van der Waals surface area (Å²) in [6, 6.07) is 6.28. The van der Waals surface area contributed by atoms with Crippen molar-refractivity contribution < 1.29 is 14.4 Å². The van der Waals surface area contributed by atoms with Gasteiger partial charge in [-0.3, -0.25) is 4.79 Å². The van der Waals surface area contributed by atoms with Gasteiger partial charge in [-0.25, -0.2) is 4.79 Å². The molecule has 4 nitrogen and oxygen atoms in total. The van der Waals surface area contributed by atoms with Crippen LogP contribution in [0.4, 0.5) is 0 Å². The third-order valence-electron chi connectivity index (χ3n) is 2.48. The molecule has 96 valence electrons. The number of hydrogen-bond acceptors (Lipinski definition) is 4. The molecule has 0 spiro atoms. The van der Waals surface area contributed by atoms with Crippen LogP contribution in [-0.2, 0) is 9.63 Å². The minimum Gasteiger partial charge on any atom is -0.312 e. The van der Waals surface area contributed by atoms with Crippen LogP contribution in [0.1, 0.15) is 17.3 Å². The maximum absolute atomic E-state index is 11.7. The van der Waals surface area contributed by atoms with Crippen molar-refractivity contribution in [2.75, 3.05) is 0 Å². The topological polar surface area (TPSA) is 55.7 Å². The van der Waals surface area contributed by atoms with Gasteiger partial charge in [0.05, 0.1) is 5.56 Å². The van der Waals surface area contributed by atoms with Gasteiger partial charge in [0.25, 0.3) is 0 Å². The highest BCUT2D eigenvalue weighted by atomic mass is 35.5. The average Bonchev–Trinajstić information content (AvgIpc) is 2.38. The minimum atomic E-state index is -0.581. The second-order valence-electron chi connectivity index (χ2n) is 3.93. The van der Waals surface area contributed by atoms with Gasteiger partial charge in [0.1, 0.15) is 5.71 Å². The first kappa shape index (κ1) is 13.2. The largest absolute Gasteiger partial charge is 0.365 e. The Labute approximate surface area is 115 Å². The Morgan fingerprint density at radius 1 is 1.21 bits per heavy atom. The van der Waals surface area contributed by atoms with E-state index in [1.54, 1.807) is 31.2 Å². The van der Waals surface area contributed by atoms with Crippen molar-refractivity contribution in [3.8, 4) is 0 Å². The monoisotopic (exact) mass is 275 g/mol. The lowest BCUT2D eigenvalue weighted by atomic mass is 10.1. The van der Waals surface area contributed by atoms with Crippen LogP contribution in [0, 0.1) is 0 Å². The predicted molar refractivity (Wildman–Crippen MR) is 72.2 cm³/mol. The Balaban J connectivity index is 2.08. The lowest BCUT2D eigenvalue weighted by Gasteiger charge is -2.05. The van der Waals surface area contributed by atoms with Crippen molar-refractivity contribution in [1.82, 2.24) is 0 Å². The van der Waals surface area contributed by atoms with Gasteiger partial charge in [0.2, 0.25) is 0 Å². The Morgan fingerprint density at radius 3 is 2.53 bits per heavy atom. The average molecular weight is 276 g/mol. The molecule has 0 amide bonds. The van der Waals surface area contributed by atoms with E-state index in [-0.39, 0.29) is 5.78 Å². The molecule has 0 atom stereocenters. The first-order chi connectivity index (χ1) is 9.06. The number of oxime groups is 1. The van der Waals surface area contributed by atoms with E-state index >= 15 is 0 Å². The number of carbonyl (C=O) groups is 2. The van der Waals surface area contributed by atoms with Crippen molar-refractivity contribution >= 4 is 29.1 Å². The van der Waals surface area contributed by atoms with Crippen LogP contribution < -0.4 is 0 Å². The summed E-state index contributed by atoms with van der Waals surface area (Å²) < 4.78 is 0. The van der Waals surface area contributed by atoms with Crippen LogP contribution in [0.2, 0.25) is 5.02 Å². The standard InChI is InChI=1S/C14H10ClNO3/c1-9-8-12(17)6-7-13(9)16-19-14(18)10-2-4-11(15)5-3-10/h2-8H,1H3/b16-13-. The van der Waals surface area contributed by atoms with Crippen molar-refractivity contribution in [3.63, 3.8) is 0 Å². The van der Waals surface area contributed by atoms with Gasteiger partial charge in [-0.1, -0.05) is 16.8 Å². The maximum Gasteiger partial charge on any atom is 0.365 e. The van der Waals surface area contributed by atoms with E-state index < -0.39 is 5.97 Å². The molecule has 0 unspecified atom stereocenters. The molecule has 19 heavy (non-hydrogen) atoms. The van der Waals surface area contributed by atoms with Gasteiger partial charge in [-0.15, -0.1) is 0 Å². The summed E-state index contributed by atoms with van der Waals surface area (Å²) in [6.07, 6.45) is 4.30. The molecule has 0 aromatic heterocycles. The van der Waals surface area contributed by atoms with Crippen molar-refractivity contribution in [1.29, 1.82) is 0 Å². The van der Waals surface area contributed by atoms with Gasteiger partial charge in [0, 0.05) is 5.02 Å². The number of carbonyl (C=O) groups excluding carboxylic acids is 2. The molecule has 0 heterocycles. The Bertz CT molecular complexity index is 612. The molecule has 0 bridgehead atoms. The fourth-order valence-corrected chi connectivity index (χ4v) is 1.59. The Kier molecular flexibility index (Phi) is 3.92. The maximum atomic E-state index is 11.7. The third-order valence-corrected chi connectivity index (χ3v) is 2.73.